The van der Waals surface area contributed by atoms with E-state index in [1.807, 2.05) is 41.9 Å². The van der Waals surface area contributed by atoms with Gasteiger partial charge in [-0.15, -0.1) is 22.7 Å². The standard InChI is InChI=1S/C24H17ClN4O2S2/c1-13-21(15-5-2-3-6-17(15)26-13)19-12-33-24(28-19)29-22(30)14-8-9-16(25)18(11-14)27-23(31)20-7-4-10-32-20/h2-12,26H,1H3,(H,27,31)(H,28,29,30). The summed E-state index contributed by atoms with van der Waals surface area (Å²) in [5.74, 6) is -0.613. The predicted octanol–water partition coefficient (Wildman–Crippen LogP) is 6.82. The second-order valence-electron chi connectivity index (χ2n) is 7.29. The van der Waals surface area contributed by atoms with Gasteiger partial charge in [0, 0.05) is 33.1 Å². The highest BCUT2D eigenvalue weighted by Crippen LogP contribution is 2.34. The molecular weight excluding hydrogens is 476 g/mol. The molecule has 2 amide bonds. The van der Waals surface area contributed by atoms with Crippen LogP contribution < -0.4 is 10.6 Å². The number of halogens is 1. The van der Waals surface area contributed by atoms with Crippen molar-refractivity contribution >= 4 is 67.8 Å². The summed E-state index contributed by atoms with van der Waals surface area (Å²) in [6.45, 7) is 2.01. The number of para-hydroxylation sites is 1. The molecule has 0 saturated heterocycles. The molecule has 6 nitrogen and oxygen atoms in total. The number of fused-ring (bicyclic) bond motifs is 1. The zero-order valence-corrected chi connectivity index (χ0v) is 19.7. The lowest BCUT2D eigenvalue weighted by atomic mass is 10.1. The number of anilines is 2. The fourth-order valence-electron chi connectivity index (χ4n) is 3.58. The molecule has 0 aliphatic heterocycles. The first-order valence-electron chi connectivity index (χ1n) is 9.98. The molecule has 5 rings (SSSR count). The zero-order chi connectivity index (χ0) is 22.9. The van der Waals surface area contributed by atoms with Crippen LogP contribution in [0.5, 0.6) is 0 Å². The van der Waals surface area contributed by atoms with Crippen molar-refractivity contribution < 1.29 is 9.59 Å². The highest BCUT2D eigenvalue weighted by atomic mass is 35.5. The number of thiophene rings is 1. The normalized spacial score (nSPS) is 11.0. The Morgan fingerprint density at radius 2 is 1.85 bits per heavy atom. The number of benzene rings is 2. The highest BCUT2D eigenvalue weighted by molar-refractivity contribution is 7.14. The van der Waals surface area contributed by atoms with Crippen LogP contribution in [0.15, 0.2) is 65.4 Å². The topological polar surface area (TPSA) is 86.9 Å². The van der Waals surface area contributed by atoms with E-state index < -0.39 is 0 Å². The van der Waals surface area contributed by atoms with Crippen LogP contribution in [0.25, 0.3) is 22.2 Å². The van der Waals surface area contributed by atoms with E-state index in [9.17, 15) is 9.59 Å². The van der Waals surface area contributed by atoms with Crippen molar-refractivity contribution in [3.63, 3.8) is 0 Å². The molecule has 3 aromatic heterocycles. The van der Waals surface area contributed by atoms with Crippen molar-refractivity contribution in [1.82, 2.24) is 9.97 Å². The summed E-state index contributed by atoms with van der Waals surface area (Å²) in [6.07, 6.45) is 0. The molecule has 0 radical (unpaired) electrons. The van der Waals surface area contributed by atoms with Gasteiger partial charge >= 0.3 is 0 Å². The Hall–Kier alpha value is -3.46. The number of nitrogens with one attached hydrogen (secondary N) is 3. The summed E-state index contributed by atoms with van der Waals surface area (Å²) in [5.41, 5.74) is 4.61. The summed E-state index contributed by atoms with van der Waals surface area (Å²) in [4.78, 5) is 33.8. The molecule has 0 atom stereocenters. The fourth-order valence-corrected chi connectivity index (χ4v) is 5.06. The molecule has 0 aliphatic carbocycles. The fraction of sp³-hybridized carbons (Fsp3) is 0.0417. The van der Waals surface area contributed by atoms with Gasteiger partial charge in [-0.2, -0.15) is 0 Å². The Bertz CT molecular complexity index is 1490. The summed E-state index contributed by atoms with van der Waals surface area (Å²) < 4.78 is 0. The molecule has 9 heteroatoms. The van der Waals surface area contributed by atoms with Crippen molar-refractivity contribution in [3.8, 4) is 11.3 Å². The number of rotatable bonds is 5. The molecule has 164 valence electrons. The smallest absolute Gasteiger partial charge is 0.265 e. The lowest BCUT2D eigenvalue weighted by molar-refractivity contribution is 0.101. The Balaban J connectivity index is 1.36. The number of carbonyl (C=O) groups excluding carboxylic acids is 2. The number of H-pyrrole nitrogens is 1. The van der Waals surface area contributed by atoms with Crippen molar-refractivity contribution in [2.45, 2.75) is 6.92 Å². The van der Waals surface area contributed by atoms with E-state index in [-0.39, 0.29) is 11.8 Å². The molecule has 0 unspecified atom stereocenters. The summed E-state index contributed by atoms with van der Waals surface area (Å²) in [6, 6.07) is 16.3. The van der Waals surface area contributed by atoms with E-state index in [1.54, 1.807) is 30.3 Å². The average molecular weight is 493 g/mol. The first kappa shape index (κ1) is 21.4. The quantitative estimate of drug-likeness (QED) is 0.251. The van der Waals surface area contributed by atoms with Crippen molar-refractivity contribution in [2.75, 3.05) is 10.6 Å². The minimum atomic E-state index is -0.338. The first-order chi connectivity index (χ1) is 16.0. The Morgan fingerprint density at radius 1 is 1.00 bits per heavy atom. The molecule has 0 spiro atoms. The number of amides is 2. The van der Waals surface area contributed by atoms with Crippen LogP contribution >= 0.6 is 34.3 Å². The second-order valence-corrected chi connectivity index (χ2v) is 9.50. The lowest BCUT2D eigenvalue weighted by Crippen LogP contribution is -2.14. The van der Waals surface area contributed by atoms with Gasteiger partial charge in [-0.25, -0.2) is 4.98 Å². The molecule has 0 saturated carbocycles. The van der Waals surface area contributed by atoms with Gasteiger partial charge in [0.15, 0.2) is 5.13 Å². The van der Waals surface area contributed by atoms with E-state index in [4.69, 9.17) is 11.6 Å². The molecular formula is C24H17ClN4O2S2. The van der Waals surface area contributed by atoms with Gasteiger partial charge in [-0.05, 0) is 42.6 Å². The molecule has 0 bridgehead atoms. The number of thiazole rings is 1. The number of hydrogen-bond donors (Lipinski definition) is 3. The van der Waals surface area contributed by atoms with E-state index in [1.165, 1.54) is 22.7 Å². The molecule has 5 aromatic rings. The van der Waals surface area contributed by atoms with Gasteiger partial charge in [-0.1, -0.05) is 35.9 Å². The molecule has 2 aromatic carbocycles. The Labute approximate surface area is 202 Å². The van der Waals surface area contributed by atoms with Crippen molar-refractivity contribution in [3.05, 3.63) is 86.5 Å². The number of carbonyl (C=O) groups is 2. The van der Waals surface area contributed by atoms with Gasteiger partial charge in [0.2, 0.25) is 0 Å². The van der Waals surface area contributed by atoms with Crippen LogP contribution in [0.4, 0.5) is 10.8 Å². The van der Waals surface area contributed by atoms with Crippen LogP contribution in [0.1, 0.15) is 25.7 Å². The number of aryl methyl sites for hydroxylation is 1. The maximum absolute atomic E-state index is 12.9. The van der Waals surface area contributed by atoms with Gasteiger partial charge < -0.3 is 10.3 Å². The van der Waals surface area contributed by atoms with Gasteiger partial charge in [0.25, 0.3) is 11.8 Å². The van der Waals surface area contributed by atoms with E-state index >= 15 is 0 Å². The summed E-state index contributed by atoms with van der Waals surface area (Å²) in [5, 5.41) is 11.3. The van der Waals surface area contributed by atoms with Crippen molar-refractivity contribution in [2.24, 2.45) is 0 Å². The number of aromatic nitrogens is 2. The van der Waals surface area contributed by atoms with E-state index in [0.29, 0.717) is 26.3 Å². The van der Waals surface area contributed by atoms with Gasteiger partial charge in [-0.3, -0.25) is 14.9 Å². The minimum Gasteiger partial charge on any atom is -0.358 e. The van der Waals surface area contributed by atoms with Crippen LogP contribution in [0, 0.1) is 6.92 Å². The lowest BCUT2D eigenvalue weighted by Gasteiger charge is -2.09. The summed E-state index contributed by atoms with van der Waals surface area (Å²) >= 11 is 8.91. The van der Waals surface area contributed by atoms with Crippen LogP contribution in [0.2, 0.25) is 5.02 Å². The largest absolute Gasteiger partial charge is 0.358 e. The third-order valence-electron chi connectivity index (χ3n) is 5.10. The minimum absolute atomic E-state index is 0.275. The highest BCUT2D eigenvalue weighted by Gasteiger charge is 2.16. The average Bonchev–Trinajstić information content (AvgIpc) is 3.54. The van der Waals surface area contributed by atoms with Crippen LogP contribution in [0.3, 0.4) is 0 Å². The number of hydrogen-bond acceptors (Lipinski definition) is 5. The molecule has 0 aliphatic rings. The molecule has 0 fully saturated rings. The third kappa shape index (κ3) is 4.28. The maximum atomic E-state index is 12.9. The van der Waals surface area contributed by atoms with Crippen LogP contribution in [-0.4, -0.2) is 21.8 Å². The number of nitrogens with zero attached hydrogens (tertiary/aromatic N) is 1. The zero-order valence-electron chi connectivity index (χ0n) is 17.3. The molecule has 3 N–H and O–H groups in total. The Morgan fingerprint density at radius 3 is 2.67 bits per heavy atom. The monoisotopic (exact) mass is 492 g/mol. The van der Waals surface area contributed by atoms with E-state index in [2.05, 4.69) is 20.6 Å². The van der Waals surface area contributed by atoms with Crippen molar-refractivity contribution in [1.29, 1.82) is 0 Å². The van der Waals surface area contributed by atoms with Gasteiger partial charge in [0.1, 0.15) is 0 Å². The summed E-state index contributed by atoms with van der Waals surface area (Å²) in [7, 11) is 0. The molecule has 33 heavy (non-hydrogen) atoms. The SMILES string of the molecule is Cc1[nH]c2ccccc2c1-c1csc(NC(=O)c2ccc(Cl)c(NC(=O)c3cccs3)c2)n1. The third-order valence-corrected chi connectivity index (χ3v) is 7.05. The van der Waals surface area contributed by atoms with E-state index in [0.717, 1.165) is 27.9 Å². The Kier molecular flexibility index (Phi) is 5.72. The molecule has 3 heterocycles. The first-order valence-corrected chi connectivity index (χ1v) is 12.1. The number of aromatic amines is 1. The maximum Gasteiger partial charge on any atom is 0.265 e. The van der Waals surface area contributed by atoms with Crippen LogP contribution in [-0.2, 0) is 0 Å². The predicted molar refractivity (Wildman–Crippen MR) is 136 cm³/mol. The second kappa shape index (κ2) is 8.82. The van der Waals surface area contributed by atoms with Gasteiger partial charge in [0.05, 0.1) is 21.3 Å².